The van der Waals surface area contributed by atoms with Crippen LogP contribution in [0.2, 0.25) is 15.1 Å². The summed E-state index contributed by atoms with van der Waals surface area (Å²) in [6.07, 6.45) is 1.08. The van der Waals surface area contributed by atoms with E-state index in [0.29, 0.717) is 15.7 Å². The van der Waals surface area contributed by atoms with Crippen molar-refractivity contribution in [3.05, 3.63) is 79.5 Å². The second kappa shape index (κ2) is 8.91. The van der Waals surface area contributed by atoms with Crippen LogP contribution in [-0.2, 0) is 0 Å². The number of rotatable bonds is 6. The fraction of sp³-hybridized carbons (Fsp3) is 0. The fourth-order valence-corrected chi connectivity index (χ4v) is 2.80. The molecule has 12 heteroatoms. The van der Waals surface area contributed by atoms with Crippen LogP contribution in [0.3, 0.4) is 0 Å². The summed E-state index contributed by atoms with van der Waals surface area (Å²) in [4.78, 5) is 30.8. The number of hydrogen-bond donors (Lipinski definition) is 3. The Morgan fingerprint density at radius 1 is 1.00 bits per heavy atom. The summed E-state index contributed by atoms with van der Waals surface area (Å²) in [7, 11) is 0. The molecule has 0 aliphatic heterocycles. The Hall–Kier alpha value is -3.14. The van der Waals surface area contributed by atoms with Gasteiger partial charge in [0.1, 0.15) is 6.33 Å². The van der Waals surface area contributed by atoms with Crippen LogP contribution >= 0.6 is 34.8 Å². The summed E-state index contributed by atoms with van der Waals surface area (Å²) in [5.41, 5.74) is 4.83. The van der Waals surface area contributed by atoms with Crippen molar-refractivity contribution in [1.82, 2.24) is 15.4 Å². The summed E-state index contributed by atoms with van der Waals surface area (Å²) in [6.45, 7) is 0. The average molecular weight is 454 g/mol. The Balaban J connectivity index is 1.86. The van der Waals surface area contributed by atoms with Gasteiger partial charge in [0.25, 0.3) is 5.91 Å². The van der Waals surface area contributed by atoms with Crippen LogP contribution in [0.4, 0.5) is 23.0 Å². The lowest BCUT2D eigenvalue weighted by molar-refractivity contribution is -0.383. The van der Waals surface area contributed by atoms with Gasteiger partial charge in [-0.1, -0.05) is 40.9 Å². The molecule has 0 aliphatic carbocycles. The van der Waals surface area contributed by atoms with Crippen molar-refractivity contribution in [1.29, 1.82) is 0 Å². The molecule has 3 N–H and O–H groups in total. The lowest BCUT2D eigenvalue weighted by atomic mass is 10.2. The highest BCUT2D eigenvalue weighted by Gasteiger charge is 2.24. The Kier molecular flexibility index (Phi) is 6.32. The molecule has 0 unspecified atom stereocenters. The molecular weight excluding hydrogens is 443 g/mol. The molecule has 2 aromatic carbocycles. The van der Waals surface area contributed by atoms with E-state index in [0.717, 1.165) is 6.33 Å². The van der Waals surface area contributed by atoms with Gasteiger partial charge >= 0.3 is 5.69 Å². The highest BCUT2D eigenvalue weighted by Crippen LogP contribution is 2.34. The Bertz CT molecular complexity index is 1100. The zero-order valence-corrected chi connectivity index (χ0v) is 16.6. The molecule has 3 rings (SSSR count). The Morgan fingerprint density at radius 3 is 2.45 bits per heavy atom. The summed E-state index contributed by atoms with van der Waals surface area (Å²) >= 11 is 17.9. The minimum absolute atomic E-state index is 0.145. The second-order valence-corrected chi connectivity index (χ2v) is 6.80. The van der Waals surface area contributed by atoms with E-state index in [1.807, 2.05) is 0 Å². The van der Waals surface area contributed by atoms with Crippen molar-refractivity contribution < 1.29 is 9.72 Å². The number of nitrogens with one attached hydrogen (secondary N) is 3. The molecule has 1 amide bonds. The molecular formula is C17H11Cl3N6O3. The molecule has 0 fully saturated rings. The maximum absolute atomic E-state index is 12.2. The van der Waals surface area contributed by atoms with Gasteiger partial charge in [-0.05, 0) is 36.4 Å². The number of hydrogen-bond acceptors (Lipinski definition) is 7. The summed E-state index contributed by atoms with van der Waals surface area (Å²) in [5.74, 6) is -0.942. The molecule has 0 atom stereocenters. The van der Waals surface area contributed by atoms with Gasteiger partial charge in [-0.25, -0.2) is 9.97 Å². The molecule has 0 aliphatic rings. The third-order valence-electron chi connectivity index (χ3n) is 3.57. The Labute approximate surface area is 179 Å². The first-order valence-corrected chi connectivity index (χ1v) is 9.02. The smallest absolute Gasteiger partial charge is 0.333 e. The molecule has 1 heterocycles. The SMILES string of the molecule is O=C(NNc1ncnc(Nc2cc(Cl)ccc2Cl)c1[N+](=O)[O-])c1cccc(Cl)c1. The van der Waals surface area contributed by atoms with Crippen LogP contribution in [0.1, 0.15) is 10.4 Å². The standard InChI is InChI=1S/C17H11Cl3N6O3/c18-10-3-1-2-9(6-10)17(27)25-24-16-14(26(28)29)15(21-8-22-16)23-13-7-11(19)4-5-12(13)20/h1-8H,(H,25,27)(H2,21,22,23,24). The van der Waals surface area contributed by atoms with Gasteiger partial charge in [-0.2, -0.15) is 0 Å². The Morgan fingerprint density at radius 2 is 1.72 bits per heavy atom. The van der Waals surface area contributed by atoms with Gasteiger partial charge in [0.05, 0.1) is 15.6 Å². The minimum Gasteiger partial charge on any atom is -0.333 e. The highest BCUT2D eigenvalue weighted by atomic mass is 35.5. The lowest BCUT2D eigenvalue weighted by Crippen LogP contribution is -2.30. The van der Waals surface area contributed by atoms with Gasteiger partial charge in [-0.15, -0.1) is 0 Å². The molecule has 9 nitrogen and oxygen atoms in total. The molecule has 0 saturated heterocycles. The topological polar surface area (TPSA) is 122 Å². The van der Waals surface area contributed by atoms with Crippen molar-refractivity contribution >= 4 is 63.7 Å². The maximum Gasteiger partial charge on any atom is 0.355 e. The third kappa shape index (κ3) is 5.02. The van der Waals surface area contributed by atoms with Crippen molar-refractivity contribution in [3.8, 4) is 0 Å². The van der Waals surface area contributed by atoms with Crippen molar-refractivity contribution in [3.63, 3.8) is 0 Å². The first-order chi connectivity index (χ1) is 13.8. The third-order valence-corrected chi connectivity index (χ3v) is 4.37. The van der Waals surface area contributed by atoms with Crippen LogP contribution < -0.4 is 16.2 Å². The second-order valence-electron chi connectivity index (χ2n) is 5.52. The number of nitrogens with zero attached hydrogens (tertiary/aromatic N) is 3. The van der Waals surface area contributed by atoms with Crippen LogP contribution in [0.15, 0.2) is 48.8 Å². The molecule has 148 valence electrons. The van der Waals surface area contributed by atoms with E-state index >= 15 is 0 Å². The van der Waals surface area contributed by atoms with E-state index in [9.17, 15) is 14.9 Å². The van der Waals surface area contributed by atoms with E-state index in [2.05, 4.69) is 26.1 Å². The van der Waals surface area contributed by atoms with Crippen LogP contribution in [0.25, 0.3) is 0 Å². The molecule has 0 spiro atoms. The zero-order valence-electron chi connectivity index (χ0n) is 14.3. The highest BCUT2D eigenvalue weighted by molar-refractivity contribution is 6.35. The molecule has 1 aromatic heterocycles. The van der Waals surface area contributed by atoms with Crippen LogP contribution in [-0.4, -0.2) is 20.8 Å². The normalized spacial score (nSPS) is 10.3. The number of benzene rings is 2. The number of aromatic nitrogens is 2. The van der Waals surface area contributed by atoms with Gasteiger partial charge in [0.2, 0.25) is 11.6 Å². The first-order valence-electron chi connectivity index (χ1n) is 7.88. The van der Waals surface area contributed by atoms with Crippen molar-refractivity contribution in [2.24, 2.45) is 0 Å². The van der Waals surface area contributed by atoms with Gasteiger partial charge in [-0.3, -0.25) is 25.8 Å². The van der Waals surface area contributed by atoms with Crippen LogP contribution in [0.5, 0.6) is 0 Å². The molecule has 29 heavy (non-hydrogen) atoms. The average Bonchev–Trinajstić information content (AvgIpc) is 2.68. The molecule has 0 saturated carbocycles. The van der Waals surface area contributed by atoms with E-state index in [1.165, 1.54) is 24.3 Å². The first kappa shape index (κ1) is 20.6. The predicted molar refractivity (Wildman–Crippen MR) is 111 cm³/mol. The number of halogens is 3. The van der Waals surface area contributed by atoms with Crippen molar-refractivity contribution in [2.75, 3.05) is 10.7 Å². The summed E-state index contributed by atoms with van der Waals surface area (Å²) < 4.78 is 0. The van der Waals surface area contributed by atoms with Crippen LogP contribution in [0, 0.1) is 10.1 Å². The van der Waals surface area contributed by atoms with E-state index in [-0.39, 0.29) is 22.2 Å². The van der Waals surface area contributed by atoms with Crippen molar-refractivity contribution in [2.45, 2.75) is 0 Å². The largest absolute Gasteiger partial charge is 0.355 e. The number of hydrazine groups is 1. The number of carbonyl (C=O) groups is 1. The quantitative estimate of drug-likeness (QED) is 0.360. The zero-order chi connectivity index (χ0) is 21.0. The fourth-order valence-electron chi connectivity index (χ4n) is 2.27. The van der Waals surface area contributed by atoms with E-state index in [4.69, 9.17) is 34.8 Å². The van der Waals surface area contributed by atoms with E-state index < -0.39 is 16.5 Å². The monoisotopic (exact) mass is 452 g/mol. The minimum atomic E-state index is -0.700. The van der Waals surface area contributed by atoms with Gasteiger partial charge in [0.15, 0.2) is 0 Å². The molecule has 0 radical (unpaired) electrons. The summed E-state index contributed by atoms with van der Waals surface area (Å²) in [5, 5.41) is 15.4. The number of carbonyl (C=O) groups excluding carboxylic acids is 1. The van der Waals surface area contributed by atoms with Gasteiger partial charge in [0, 0.05) is 15.6 Å². The number of anilines is 3. The summed E-state index contributed by atoms with van der Waals surface area (Å²) in [6, 6.07) is 10.8. The molecule has 3 aromatic rings. The predicted octanol–water partition coefficient (Wildman–Crippen LogP) is 4.85. The van der Waals surface area contributed by atoms with E-state index in [1.54, 1.807) is 18.2 Å². The maximum atomic E-state index is 12.2. The van der Waals surface area contributed by atoms with Gasteiger partial charge < -0.3 is 5.32 Å². The number of amides is 1. The molecule has 0 bridgehead atoms. The lowest BCUT2D eigenvalue weighted by Gasteiger charge is -2.12. The number of nitro groups is 1.